The second-order valence-corrected chi connectivity index (χ2v) is 6.84. The fourth-order valence-corrected chi connectivity index (χ4v) is 3.13. The van der Waals surface area contributed by atoms with Gasteiger partial charge < -0.3 is 20.7 Å². The van der Waals surface area contributed by atoms with Gasteiger partial charge >= 0.3 is 6.03 Å². The number of carbonyl (C=O) groups is 1. The van der Waals surface area contributed by atoms with E-state index in [0.717, 1.165) is 24.5 Å². The van der Waals surface area contributed by atoms with E-state index in [4.69, 9.17) is 20.4 Å². The lowest BCUT2D eigenvalue weighted by atomic mass is 10.2. The van der Waals surface area contributed by atoms with Crippen LogP contribution in [-0.2, 0) is 4.74 Å². The summed E-state index contributed by atoms with van der Waals surface area (Å²) in [6.45, 7) is 6.84. The van der Waals surface area contributed by atoms with E-state index in [-0.39, 0.29) is 6.04 Å². The van der Waals surface area contributed by atoms with Gasteiger partial charge in [0, 0.05) is 24.3 Å². The Morgan fingerprint density at radius 2 is 1.89 bits per heavy atom. The summed E-state index contributed by atoms with van der Waals surface area (Å²) in [4.78, 5) is 22.7. The van der Waals surface area contributed by atoms with Gasteiger partial charge in [-0.3, -0.25) is 0 Å². The van der Waals surface area contributed by atoms with Gasteiger partial charge in [-0.2, -0.15) is 0 Å². The molecular weight excluding hydrogens is 360 g/mol. The quantitative estimate of drug-likeness (QED) is 0.705. The van der Waals surface area contributed by atoms with Gasteiger partial charge in [-0.1, -0.05) is 5.21 Å². The van der Waals surface area contributed by atoms with Crippen molar-refractivity contribution in [3.63, 3.8) is 0 Å². The van der Waals surface area contributed by atoms with Gasteiger partial charge in [-0.05, 0) is 38.1 Å². The van der Waals surface area contributed by atoms with E-state index < -0.39 is 6.03 Å². The Labute approximate surface area is 161 Å². The smallest absolute Gasteiger partial charge is 0.316 e. The van der Waals surface area contributed by atoms with Crippen LogP contribution in [0.4, 0.5) is 16.3 Å². The maximum Gasteiger partial charge on any atom is 0.316 e. The molecule has 0 bridgehead atoms. The largest absolute Gasteiger partial charge is 0.378 e. The van der Waals surface area contributed by atoms with Crippen molar-refractivity contribution in [2.24, 2.45) is 5.73 Å². The minimum absolute atomic E-state index is 0.118. The molecule has 1 aliphatic heterocycles. The molecule has 10 heteroatoms. The third-order valence-electron chi connectivity index (χ3n) is 4.52. The van der Waals surface area contributed by atoms with Crippen molar-refractivity contribution >= 4 is 28.7 Å². The lowest BCUT2D eigenvalue weighted by Gasteiger charge is -2.28. The standard InChI is InChI=1S/C18H22N8O2/c1-11(2)26-17-14(23-24-26)16(25-7-9-28-10-8-25)21-15(22-17)12-3-5-13(6-4-12)20-18(19)27/h3-6,11H,7-10H2,1-2H3,(H3,19,20,27). The SMILES string of the molecule is CC(C)n1nnc2c(N3CCOCC3)nc(-c3ccc(NC(N)=O)cc3)nc21. The summed E-state index contributed by atoms with van der Waals surface area (Å²) in [5.74, 6) is 1.33. The molecule has 1 aliphatic rings. The van der Waals surface area contributed by atoms with Crippen LogP contribution in [0.3, 0.4) is 0 Å². The summed E-state index contributed by atoms with van der Waals surface area (Å²) >= 11 is 0. The summed E-state index contributed by atoms with van der Waals surface area (Å²) < 4.78 is 7.26. The first-order chi connectivity index (χ1) is 13.5. The van der Waals surface area contributed by atoms with Crippen LogP contribution >= 0.6 is 0 Å². The molecule has 28 heavy (non-hydrogen) atoms. The Morgan fingerprint density at radius 3 is 2.54 bits per heavy atom. The summed E-state index contributed by atoms with van der Waals surface area (Å²) in [5, 5.41) is 11.2. The van der Waals surface area contributed by atoms with Crippen molar-refractivity contribution in [3.05, 3.63) is 24.3 Å². The van der Waals surface area contributed by atoms with Gasteiger partial charge in [0.1, 0.15) is 0 Å². The van der Waals surface area contributed by atoms with Gasteiger partial charge in [-0.25, -0.2) is 19.4 Å². The van der Waals surface area contributed by atoms with Crippen molar-refractivity contribution in [2.45, 2.75) is 19.9 Å². The zero-order valence-electron chi connectivity index (χ0n) is 15.8. The minimum atomic E-state index is -0.605. The number of nitrogens with zero attached hydrogens (tertiary/aromatic N) is 6. The van der Waals surface area contributed by atoms with Crippen LogP contribution in [0.5, 0.6) is 0 Å². The summed E-state index contributed by atoms with van der Waals surface area (Å²) in [6, 6.07) is 6.73. The van der Waals surface area contributed by atoms with Crippen LogP contribution in [0, 0.1) is 0 Å². The maximum atomic E-state index is 11.0. The van der Waals surface area contributed by atoms with Crippen LogP contribution in [-0.4, -0.2) is 57.3 Å². The lowest BCUT2D eigenvalue weighted by Crippen LogP contribution is -2.37. The number of hydrogen-bond donors (Lipinski definition) is 2. The van der Waals surface area contributed by atoms with Gasteiger partial charge in [0.25, 0.3) is 0 Å². The molecule has 1 saturated heterocycles. The Balaban J connectivity index is 1.81. The summed E-state index contributed by atoms with van der Waals surface area (Å²) in [6.07, 6.45) is 0. The zero-order valence-corrected chi connectivity index (χ0v) is 15.8. The number of benzene rings is 1. The molecule has 0 radical (unpaired) electrons. The highest BCUT2D eigenvalue weighted by atomic mass is 16.5. The first-order valence-electron chi connectivity index (χ1n) is 9.15. The number of ether oxygens (including phenoxy) is 1. The number of urea groups is 1. The molecule has 4 rings (SSSR count). The molecule has 0 unspecified atom stereocenters. The zero-order chi connectivity index (χ0) is 19.7. The highest BCUT2D eigenvalue weighted by Gasteiger charge is 2.22. The molecule has 3 N–H and O–H groups in total. The lowest BCUT2D eigenvalue weighted by molar-refractivity contribution is 0.122. The first kappa shape index (κ1) is 18.1. The molecule has 146 valence electrons. The summed E-state index contributed by atoms with van der Waals surface area (Å²) in [7, 11) is 0. The molecule has 0 aliphatic carbocycles. The number of nitrogens with one attached hydrogen (secondary N) is 1. The van der Waals surface area contributed by atoms with E-state index in [9.17, 15) is 4.79 Å². The van der Waals surface area contributed by atoms with Crippen LogP contribution < -0.4 is 16.0 Å². The van der Waals surface area contributed by atoms with Crippen LogP contribution in [0.25, 0.3) is 22.6 Å². The Kier molecular flexibility index (Phi) is 4.78. The van der Waals surface area contributed by atoms with Gasteiger partial charge in [0.05, 0.1) is 19.3 Å². The Morgan fingerprint density at radius 1 is 1.18 bits per heavy atom. The minimum Gasteiger partial charge on any atom is -0.378 e. The molecule has 3 aromatic rings. The molecule has 2 amide bonds. The Hall–Kier alpha value is -3.27. The van der Waals surface area contributed by atoms with Gasteiger partial charge in [0.15, 0.2) is 22.8 Å². The second-order valence-electron chi connectivity index (χ2n) is 6.84. The predicted octanol–water partition coefficient (Wildman–Crippen LogP) is 1.80. The molecule has 0 spiro atoms. The average Bonchev–Trinajstić information content (AvgIpc) is 3.12. The third kappa shape index (κ3) is 3.46. The molecule has 2 aromatic heterocycles. The number of morpholine rings is 1. The number of carbonyl (C=O) groups excluding carboxylic acids is 1. The van der Waals surface area contributed by atoms with Crippen molar-refractivity contribution in [1.29, 1.82) is 0 Å². The number of amides is 2. The van der Waals surface area contributed by atoms with Crippen LogP contribution in [0.2, 0.25) is 0 Å². The number of hydrogen-bond acceptors (Lipinski definition) is 7. The molecule has 1 fully saturated rings. The average molecular weight is 382 g/mol. The van der Waals surface area contributed by atoms with E-state index in [1.807, 2.05) is 26.0 Å². The van der Waals surface area contributed by atoms with Crippen LogP contribution in [0.15, 0.2) is 24.3 Å². The molecule has 3 heterocycles. The second kappa shape index (κ2) is 7.39. The Bertz CT molecular complexity index is 993. The topological polar surface area (TPSA) is 124 Å². The van der Waals surface area contributed by atoms with Gasteiger partial charge in [-0.15, -0.1) is 5.10 Å². The first-order valence-corrected chi connectivity index (χ1v) is 9.15. The normalized spacial score (nSPS) is 14.6. The van der Waals surface area contributed by atoms with Crippen molar-refractivity contribution in [1.82, 2.24) is 25.0 Å². The summed E-state index contributed by atoms with van der Waals surface area (Å²) in [5.41, 5.74) is 7.98. The third-order valence-corrected chi connectivity index (χ3v) is 4.52. The fourth-order valence-electron chi connectivity index (χ4n) is 3.13. The van der Waals surface area contributed by atoms with E-state index in [1.54, 1.807) is 16.8 Å². The predicted molar refractivity (Wildman–Crippen MR) is 105 cm³/mol. The number of anilines is 2. The monoisotopic (exact) mass is 382 g/mol. The van der Waals surface area contributed by atoms with E-state index in [0.29, 0.717) is 35.9 Å². The molecule has 0 atom stereocenters. The van der Waals surface area contributed by atoms with Gasteiger partial charge in [0.2, 0.25) is 0 Å². The number of fused-ring (bicyclic) bond motifs is 1. The van der Waals surface area contributed by atoms with Crippen LogP contribution in [0.1, 0.15) is 19.9 Å². The van der Waals surface area contributed by atoms with Crippen molar-refractivity contribution in [3.8, 4) is 11.4 Å². The maximum absolute atomic E-state index is 11.0. The van der Waals surface area contributed by atoms with Crippen molar-refractivity contribution < 1.29 is 9.53 Å². The number of primary amides is 1. The fraction of sp³-hybridized carbons (Fsp3) is 0.389. The number of nitrogens with two attached hydrogens (primary N) is 1. The number of rotatable bonds is 4. The van der Waals surface area contributed by atoms with E-state index in [1.165, 1.54) is 0 Å². The highest BCUT2D eigenvalue weighted by molar-refractivity contribution is 5.88. The van der Waals surface area contributed by atoms with Crippen molar-refractivity contribution in [2.75, 3.05) is 36.5 Å². The molecule has 0 saturated carbocycles. The number of aromatic nitrogens is 5. The highest BCUT2D eigenvalue weighted by Crippen LogP contribution is 2.28. The van der Waals surface area contributed by atoms with E-state index >= 15 is 0 Å². The molecular formula is C18H22N8O2. The molecule has 10 nitrogen and oxygen atoms in total. The van der Waals surface area contributed by atoms with E-state index in [2.05, 4.69) is 20.5 Å². The molecule has 1 aromatic carbocycles.